The first-order valence-electron chi connectivity index (χ1n) is 1.59. The summed E-state index contributed by atoms with van der Waals surface area (Å²) < 4.78 is 0. The van der Waals surface area contributed by atoms with Crippen LogP contribution in [0.2, 0.25) is 0 Å². The Bertz CT molecular complexity index is 84.8. The third-order valence-electron chi connectivity index (χ3n) is 0. The van der Waals surface area contributed by atoms with Crippen molar-refractivity contribution < 1.29 is 34.8 Å². The summed E-state index contributed by atoms with van der Waals surface area (Å²) in [5.74, 6) is 0. The number of carboxylic acid groups (broad SMARTS) is 4. The van der Waals surface area contributed by atoms with Gasteiger partial charge in [-0.2, -0.15) is 0 Å². The van der Waals surface area contributed by atoms with Gasteiger partial charge in [-0.15, -0.1) is 0 Å². The van der Waals surface area contributed by atoms with Crippen LogP contribution in [0.25, 0.3) is 0 Å². The molecule has 64 valence electrons. The maximum atomic E-state index is 8.56. The van der Waals surface area contributed by atoms with E-state index in [1.165, 1.54) is 0 Å². The molecular formula is C3H8K2O7. The Balaban J connectivity index is -0.0000000198. The molecule has 0 atom stereocenters. The zero-order valence-electron chi connectivity index (χ0n) is 4.72. The first-order valence-corrected chi connectivity index (χ1v) is 1.59. The van der Waals surface area contributed by atoms with Gasteiger partial charge in [-0.05, 0) is 0 Å². The number of carbonyl (C=O) groups is 3. The van der Waals surface area contributed by atoms with Crippen molar-refractivity contribution in [2.45, 2.75) is 0 Å². The molecule has 0 heterocycles. The van der Waals surface area contributed by atoms with Crippen molar-refractivity contribution in [2.24, 2.45) is 0 Å². The van der Waals surface area contributed by atoms with Gasteiger partial charge in [0, 0.05) is 0 Å². The molecule has 0 amide bonds. The summed E-state index contributed by atoms with van der Waals surface area (Å²) in [7, 11) is 0. The first kappa shape index (κ1) is 29.2. The number of hydrogen-bond donors (Lipinski definition) is 4. The Hall–Kier alpha value is 1.48. The summed E-state index contributed by atoms with van der Waals surface area (Å²) in [4.78, 5) is 25.1. The summed E-state index contributed by atoms with van der Waals surface area (Å²) in [5.41, 5.74) is 0. The molecule has 9 heteroatoms. The quantitative estimate of drug-likeness (QED) is 0.394. The Kier molecular flexibility index (Phi) is 71.5. The fraction of sp³-hybridized carbons (Fsp3) is 0. The van der Waals surface area contributed by atoms with Crippen molar-refractivity contribution >= 4 is 122 Å². The van der Waals surface area contributed by atoms with E-state index < -0.39 is 12.3 Å². The summed E-state index contributed by atoms with van der Waals surface area (Å²) in [6.07, 6.45) is -3.67. The molecular weight excluding hydrogens is 226 g/mol. The van der Waals surface area contributed by atoms with E-state index in [2.05, 4.69) is 0 Å². The van der Waals surface area contributed by atoms with E-state index in [-0.39, 0.29) is 103 Å². The second-order valence-corrected chi connectivity index (χ2v) is 0.565. The van der Waals surface area contributed by atoms with Gasteiger partial charge in [-0.1, -0.05) is 0 Å². The van der Waals surface area contributed by atoms with Crippen LogP contribution in [0, 0.1) is 0 Å². The third kappa shape index (κ3) is 574. The van der Waals surface area contributed by atoms with Crippen LogP contribution in [-0.4, -0.2) is 142 Å². The van der Waals surface area contributed by atoms with Crippen molar-refractivity contribution in [1.82, 2.24) is 0 Å². The fourth-order valence-corrected chi connectivity index (χ4v) is 0. The SMILES string of the molecule is C=O.O=C(O)O.O=C(O)O.[KH].[KH]. The van der Waals surface area contributed by atoms with Crippen LogP contribution in [0.3, 0.4) is 0 Å². The van der Waals surface area contributed by atoms with E-state index in [0.29, 0.717) is 0 Å². The van der Waals surface area contributed by atoms with Crippen LogP contribution >= 0.6 is 0 Å². The molecule has 12 heavy (non-hydrogen) atoms. The van der Waals surface area contributed by atoms with Gasteiger partial charge in [-0.3, -0.25) is 0 Å². The molecule has 0 aromatic heterocycles. The molecule has 0 aliphatic heterocycles. The number of carbonyl (C=O) groups excluding carboxylic acids is 1. The van der Waals surface area contributed by atoms with Crippen LogP contribution in [0.5, 0.6) is 0 Å². The zero-order chi connectivity index (χ0) is 9.15. The van der Waals surface area contributed by atoms with Gasteiger partial charge in [0.05, 0.1) is 0 Å². The maximum absolute atomic E-state index is 8.56. The van der Waals surface area contributed by atoms with E-state index in [0.717, 1.165) is 0 Å². The van der Waals surface area contributed by atoms with Crippen molar-refractivity contribution in [1.29, 1.82) is 0 Å². The molecule has 0 aliphatic carbocycles. The topological polar surface area (TPSA) is 132 Å². The van der Waals surface area contributed by atoms with Crippen LogP contribution in [0.1, 0.15) is 0 Å². The summed E-state index contributed by atoms with van der Waals surface area (Å²) in [6, 6.07) is 0. The molecule has 0 aromatic rings. The van der Waals surface area contributed by atoms with Gasteiger partial charge in [-0.25, -0.2) is 9.59 Å². The molecule has 0 fully saturated rings. The standard InChI is InChI=1S/2CH2O3.CH2O.2K.2H/c2*2-1(3)4;1-2;;;;/h2*(H2,2,3,4);1H2;;;;. The molecule has 4 N–H and O–H groups in total. The van der Waals surface area contributed by atoms with Crippen molar-refractivity contribution in [2.75, 3.05) is 0 Å². The average Bonchev–Trinajstić information content (AvgIpc) is 1.66. The molecule has 0 radical (unpaired) electrons. The molecule has 7 nitrogen and oxygen atoms in total. The molecule has 0 aliphatic rings. The van der Waals surface area contributed by atoms with Crippen molar-refractivity contribution in [3.8, 4) is 0 Å². The van der Waals surface area contributed by atoms with Crippen molar-refractivity contribution in [3.63, 3.8) is 0 Å². The fourth-order valence-electron chi connectivity index (χ4n) is 0. The van der Waals surface area contributed by atoms with E-state index in [1.54, 1.807) is 0 Å². The van der Waals surface area contributed by atoms with Crippen LogP contribution in [0.4, 0.5) is 9.59 Å². The Morgan fingerprint density at radius 1 is 0.750 bits per heavy atom. The molecule has 0 bridgehead atoms. The molecule has 0 saturated carbocycles. The molecule has 0 unspecified atom stereocenters. The van der Waals surface area contributed by atoms with Gasteiger partial charge >= 0.3 is 115 Å². The third-order valence-corrected chi connectivity index (χ3v) is 0. The molecule has 0 aromatic carbocycles. The molecule has 0 rings (SSSR count). The predicted octanol–water partition coefficient (Wildman–Crippen LogP) is -1.04. The van der Waals surface area contributed by atoms with Gasteiger partial charge < -0.3 is 25.2 Å². The minimum absolute atomic E-state index is 0. The average molecular weight is 234 g/mol. The van der Waals surface area contributed by atoms with Gasteiger partial charge in [0.25, 0.3) is 0 Å². The summed E-state index contributed by atoms with van der Waals surface area (Å²) >= 11 is 0. The van der Waals surface area contributed by atoms with Crippen LogP contribution in [-0.2, 0) is 4.79 Å². The van der Waals surface area contributed by atoms with E-state index in [1.807, 2.05) is 6.79 Å². The zero-order valence-corrected chi connectivity index (χ0v) is 4.72. The second kappa shape index (κ2) is 29.4. The Morgan fingerprint density at radius 2 is 0.750 bits per heavy atom. The van der Waals surface area contributed by atoms with Gasteiger partial charge in [0.1, 0.15) is 6.79 Å². The normalized spacial score (nSPS) is 4.33. The summed E-state index contributed by atoms with van der Waals surface area (Å²) in [6.45, 7) is 2.00. The first-order chi connectivity index (χ1) is 4.46. The molecule has 0 spiro atoms. The van der Waals surface area contributed by atoms with E-state index in [9.17, 15) is 0 Å². The van der Waals surface area contributed by atoms with E-state index in [4.69, 9.17) is 34.8 Å². The van der Waals surface area contributed by atoms with Crippen LogP contribution in [0.15, 0.2) is 0 Å². The van der Waals surface area contributed by atoms with Crippen LogP contribution < -0.4 is 0 Å². The predicted molar refractivity (Wildman–Crippen MR) is 42.7 cm³/mol. The van der Waals surface area contributed by atoms with E-state index >= 15 is 0 Å². The second-order valence-electron chi connectivity index (χ2n) is 0.565. The molecule has 0 saturated heterocycles. The minimum atomic E-state index is -1.83. The van der Waals surface area contributed by atoms with Gasteiger partial charge in [0.2, 0.25) is 0 Å². The van der Waals surface area contributed by atoms with Gasteiger partial charge in [0.15, 0.2) is 0 Å². The Morgan fingerprint density at radius 3 is 0.750 bits per heavy atom. The number of hydrogen-bond acceptors (Lipinski definition) is 3. The monoisotopic (exact) mass is 234 g/mol. The summed E-state index contributed by atoms with van der Waals surface area (Å²) in [5, 5.41) is 27.9. The Labute approximate surface area is 153 Å². The van der Waals surface area contributed by atoms with Crippen molar-refractivity contribution in [3.05, 3.63) is 0 Å². The number of rotatable bonds is 0.